The van der Waals surface area contributed by atoms with Crippen molar-refractivity contribution < 1.29 is 4.74 Å². The molecule has 0 bridgehead atoms. The minimum atomic E-state index is 0.464. The van der Waals surface area contributed by atoms with Crippen LogP contribution in [0.5, 0.6) is 5.88 Å². The van der Waals surface area contributed by atoms with Crippen molar-refractivity contribution in [2.75, 3.05) is 13.6 Å². The molecule has 122 valence electrons. The first-order valence-electron chi connectivity index (χ1n) is 7.28. The number of hydrogen-bond donors (Lipinski definition) is 0. The predicted molar refractivity (Wildman–Crippen MR) is 102 cm³/mol. The highest BCUT2D eigenvalue weighted by atomic mass is 79.9. The van der Waals surface area contributed by atoms with Crippen molar-refractivity contribution in [1.29, 1.82) is 0 Å². The lowest BCUT2D eigenvalue weighted by atomic mass is 10.2. The van der Waals surface area contributed by atoms with Gasteiger partial charge in [0.15, 0.2) is 0 Å². The van der Waals surface area contributed by atoms with E-state index in [1.807, 2.05) is 49.2 Å². The van der Waals surface area contributed by atoms with E-state index in [0.717, 1.165) is 32.4 Å². The molecule has 0 amide bonds. The van der Waals surface area contributed by atoms with E-state index in [0.29, 0.717) is 12.5 Å². The summed E-state index contributed by atoms with van der Waals surface area (Å²) in [6.45, 7) is 5.37. The molecule has 1 aromatic heterocycles. The number of halogens is 2. The van der Waals surface area contributed by atoms with Crippen molar-refractivity contribution in [3.05, 3.63) is 50.5 Å². The summed E-state index contributed by atoms with van der Waals surface area (Å²) in [7, 11) is 1.98. The van der Waals surface area contributed by atoms with Gasteiger partial charge >= 0.3 is 0 Å². The number of benzene rings is 1. The van der Waals surface area contributed by atoms with Crippen LogP contribution >= 0.6 is 31.9 Å². The van der Waals surface area contributed by atoms with Gasteiger partial charge in [-0.2, -0.15) is 0 Å². The van der Waals surface area contributed by atoms with Gasteiger partial charge in [-0.1, -0.05) is 28.1 Å². The first kappa shape index (κ1) is 17.9. The first-order valence-corrected chi connectivity index (χ1v) is 8.87. The monoisotopic (exact) mass is 439 g/mol. The van der Waals surface area contributed by atoms with Crippen molar-refractivity contribution in [3.8, 4) is 5.88 Å². The molecule has 0 N–H and O–H groups in total. The molecule has 6 heteroatoms. The average Bonchev–Trinajstić information content (AvgIpc) is 2.53. The third-order valence-electron chi connectivity index (χ3n) is 3.27. The zero-order chi connectivity index (χ0) is 16.8. The van der Waals surface area contributed by atoms with Crippen LogP contribution in [0.4, 0.5) is 5.69 Å². The lowest BCUT2D eigenvalue weighted by molar-refractivity contribution is 0.291. The maximum absolute atomic E-state index is 5.82. The number of rotatable bonds is 6. The number of aliphatic imine (C=N–C) groups is 1. The van der Waals surface area contributed by atoms with Crippen molar-refractivity contribution in [2.45, 2.75) is 20.5 Å². The second kappa shape index (κ2) is 8.45. The van der Waals surface area contributed by atoms with Crippen molar-refractivity contribution >= 4 is 43.9 Å². The predicted octanol–water partition coefficient (Wildman–Crippen LogP) is 5.11. The van der Waals surface area contributed by atoms with E-state index in [2.05, 4.69) is 48.8 Å². The van der Waals surface area contributed by atoms with E-state index in [9.17, 15) is 0 Å². The molecule has 0 fully saturated rings. The largest absolute Gasteiger partial charge is 0.472 e. The van der Waals surface area contributed by atoms with Crippen LogP contribution in [0.2, 0.25) is 0 Å². The maximum Gasteiger partial charge on any atom is 0.228 e. The highest BCUT2D eigenvalue weighted by Gasteiger charge is 2.08. The fraction of sp³-hybridized carbons (Fsp3) is 0.294. The minimum Gasteiger partial charge on any atom is -0.472 e. The van der Waals surface area contributed by atoms with E-state index < -0.39 is 0 Å². The molecule has 0 aliphatic rings. The first-order chi connectivity index (χ1) is 11.0. The van der Waals surface area contributed by atoms with Gasteiger partial charge in [0.2, 0.25) is 5.88 Å². The van der Waals surface area contributed by atoms with E-state index in [1.54, 1.807) is 6.34 Å². The molecule has 2 rings (SSSR count). The molecule has 0 unspecified atom stereocenters. The van der Waals surface area contributed by atoms with Gasteiger partial charge in [-0.15, -0.1) is 0 Å². The maximum atomic E-state index is 5.82. The van der Waals surface area contributed by atoms with Crippen LogP contribution in [0.1, 0.15) is 18.2 Å². The molecule has 0 radical (unpaired) electrons. The summed E-state index contributed by atoms with van der Waals surface area (Å²) in [5.74, 6) is 0.574. The van der Waals surface area contributed by atoms with E-state index in [-0.39, 0.29) is 0 Å². The Balaban J connectivity index is 2.12. The Bertz CT molecular complexity index is 704. The van der Waals surface area contributed by atoms with Crippen LogP contribution in [-0.2, 0) is 6.61 Å². The highest BCUT2D eigenvalue weighted by molar-refractivity contribution is 9.10. The summed E-state index contributed by atoms with van der Waals surface area (Å²) in [5.41, 5.74) is 2.74. The minimum absolute atomic E-state index is 0.464. The Morgan fingerprint density at radius 1 is 1.30 bits per heavy atom. The van der Waals surface area contributed by atoms with Crippen molar-refractivity contribution in [1.82, 2.24) is 9.88 Å². The van der Waals surface area contributed by atoms with Gasteiger partial charge < -0.3 is 9.64 Å². The lowest BCUT2D eigenvalue weighted by Gasteiger charge is -2.11. The Labute approximate surface area is 153 Å². The van der Waals surface area contributed by atoms with Gasteiger partial charge in [0, 0.05) is 18.1 Å². The Kier molecular flexibility index (Phi) is 6.59. The van der Waals surface area contributed by atoms with Gasteiger partial charge in [0.1, 0.15) is 6.61 Å². The second-order valence-electron chi connectivity index (χ2n) is 5.12. The third-order valence-corrected chi connectivity index (χ3v) is 4.33. The topological polar surface area (TPSA) is 37.7 Å². The molecule has 0 saturated carbocycles. The van der Waals surface area contributed by atoms with E-state index in [4.69, 9.17) is 4.74 Å². The molecular weight excluding hydrogens is 422 g/mol. The van der Waals surface area contributed by atoms with Crippen LogP contribution in [0, 0.1) is 6.92 Å². The summed E-state index contributed by atoms with van der Waals surface area (Å²) in [6.07, 6.45) is 1.80. The zero-order valence-corrected chi connectivity index (χ0v) is 16.6. The summed E-state index contributed by atoms with van der Waals surface area (Å²) < 4.78 is 7.65. The summed E-state index contributed by atoms with van der Waals surface area (Å²) in [5, 5.41) is 0. The van der Waals surface area contributed by atoms with Crippen LogP contribution in [0.3, 0.4) is 0 Å². The fourth-order valence-corrected chi connectivity index (χ4v) is 2.67. The summed E-state index contributed by atoms with van der Waals surface area (Å²) >= 11 is 6.97. The molecule has 0 aliphatic carbocycles. The third kappa shape index (κ3) is 5.32. The number of aryl methyl sites for hydroxylation is 1. The Morgan fingerprint density at radius 3 is 2.78 bits per heavy atom. The average molecular weight is 441 g/mol. The lowest BCUT2D eigenvalue weighted by Crippen LogP contribution is -2.14. The molecule has 0 atom stereocenters. The molecule has 0 spiro atoms. The van der Waals surface area contributed by atoms with Crippen LogP contribution in [0.15, 0.2) is 44.3 Å². The highest BCUT2D eigenvalue weighted by Crippen LogP contribution is 2.30. The van der Waals surface area contributed by atoms with Crippen LogP contribution in [-0.4, -0.2) is 29.8 Å². The SMILES string of the molecule is CCN(C)/C=N/c1cc(Br)c(OCc2cccc(Br)c2)nc1C. The molecular formula is C17H19Br2N3O. The van der Waals surface area contributed by atoms with E-state index in [1.165, 1.54) is 0 Å². The van der Waals surface area contributed by atoms with Gasteiger partial charge in [0.25, 0.3) is 0 Å². The summed E-state index contributed by atoms with van der Waals surface area (Å²) in [6, 6.07) is 9.95. The number of pyridine rings is 1. The normalized spacial score (nSPS) is 11.0. The molecule has 0 saturated heterocycles. The second-order valence-corrected chi connectivity index (χ2v) is 6.89. The number of aromatic nitrogens is 1. The molecule has 23 heavy (non-hydrogen) atoms. The molecule has 1 aromatic carbocycles. The van der Waals surface area contributed by atoms with Crippen LogP contribution < -0.4 is 4.74 Å². The van der Waals surface area contributed by atoms with Crippen molar-refractivity contribution in [3.63, 3.8) is 0 Å². The van der Waals surface area contributed by atoms with Crippen LogP contribution in [0.25, 0.3) is 0 Å². The summed E-state index contributed by atoms with van der Waals surface area (Å²) in [4.78, 5) is 11.0. The Morgan fingerprint density at radius 2 is 2.09 bits per heavy atom. The van der Waals surface area contributed by atoms with Gasteiger partial charge in [0.05, 0.1) is 22.2 Å². The van der Waals surface area contributed by atoms with Gasteiger partial charge in [-0.05, 0) is 53.5 Å². The zero-order valence-electron chi connectivity index (χ0n) is 13.4. The van der Waals surface area contributed by atoms with Crippen molar-refractivity contribution in [2.24, 2.45) is 4.99 Å². The number of ether oxygens (including phenoxy) is 1. The quantitative estimate of drug-likeness (QED) is 0.462. The smallest absolute Gasteiger partial charge is 0.228 e. The van der Waals surface area contributed by atoms with Gasteiger partial charge in [-0.25, -0.2) is 9.98 Å². The van der Waals surface area contributed by atoms with E-state index >= 15 is 0 Å². The molecule has 4 nitrogen and oxygen atoms in total. The standard InChI is InChI=1S/C17H19Br2N3O/c1-4-22(3)11-20-16-9-15(19)17(21-12(16)2)23-10-13-6-5-7-14(18)8-13/h5-9,11H,4,10H2,1-3H3/b20-11+. The molecule has 0 aliphatic heterocycles. The molecule has 2 aromatic rings. The number of hydrogen-bond acceptors (Lipinski definition) is 3. The Hall–Kier alpha value is -1.40. The van der Waals surface area contributed by atoms with Gasteiger partial charge in [-0.3, -0.25) is 0 Å². The number of nitrogens with zero attached hydrogens (tertiary/aromatic N) is 3. The fourth-order valence-electron chi connectivity index (χ4n) is 1.80. The molecule has 1 heterocycles.